The first-order valence-electron chi connectivity index (χ1n) is 8.57. The molecule has 0 saturated carbocycles. The molecule has 0 unspecified atom stereocenters. The molecule has 0 aromatic heterocycles. The quantitative estimate of drug-likeness (QED) is 0.811. The van der Waals surface area contributed by atoms with Gasteiger partial charge in [0.25, 0.3) is 5.91 Å². The lowest BCUT2D eigenvalue weighted by Gasteiger charge is -2.20. The maximum absolute atomic E-state index is 12.6. The van der Waals surface area contributed by atoms with Gasteiger partial charge in [0.1, 0.15) is 0 Å². The number of aliphatic hydroxyl groups excluding tert-OH is 1. The number of carbonyl (C=O) groups is 1. The molecule has 2 aromatic carbocycles. The third-order valence-electron chi connectivity index (χ3n) is 4.21. The van der Waals surface area contributed by atoms with Crippen LogP contribution in [0.1, 0.15) is 44.3 Å². The number of hydrogen-bond donors (Lipinski definition) is 2. The predicted molar refractivity (Wildman–Crippen MR) is 99.9 cm³/mol. The minimum absolute atomic E-state index is 0.0491. The summed E-state index contributed by atoms with van der Waals surface area (Å²) in [5, 5.41) is 12.0. The molecule has 4 heteroatoms. The van der Waals surface area contributed by atoms with Crippen molar-refractivity contribution in [3.8, 4) is 0 Å². The van der Waals surface area contributed by atoms with Crippen molar-refractivity contribution in [2.24, 2.45) is 0 Å². The van der Waals surface area contributed by atoms with Crippen molar-refractivity contribution >= 4 is 5.91 Å². The highest BCUT2D eigenvalue weighted by atomic mass is 16.5. The molecular weight excluding hydrogens is 314 g/mol. The van der Waals surface area contributed by atoms with E-state index in [4.69, 9.17) is 9.84 Å². The van der Waals surface area contributed by atoms with Gasteiger partial charge in [-0.05, 0) is 44.4 Å². The van der Waals surface area contributed by atoms with E-state index >= 15 is 0 Å². The average molecular weight is 341 g/mol. The maximum Gasteiger partial charge on any atom is 0.251 e. The Hall–Kier alpha value is -2.17. The zero-order chi connectivity index (χ0) is 18.4. The van der Waals surface area contributed by atoms with Crippen LogP contribution in [0.2, 0.25) is 0 Å². The van der Waals surface area contributed by atoms with E-state index in [2.05, 4.69) is 5.32 Å². The molecule has 0 aliphatic heterocycles. The average Bonchev–Trinajstić information content (AvgIpc) is 2.55. The van der Waals surface area contributed by atoms with Gasteiger partial charge < -0.3 is 15.2 Å². The van der Waals surface area contributed by atoms with Gasteiger partial charge in [-0.25, -0.2) is 0 Å². The highest BCUT2D eigenvalue weighted by molar-refractivity contribution is 5.97. The van der Waals surface area contributed by atoms with E-state index in [1.165, 1.54) is 5.56 Å². The fraction of sp³-hybridized carbons (Fsp3) is 0.381. The van der Waals surface area contributed by atoms with Gasteiger partial charge in [-0.15, -0.1) is 0 Å². The summed E-state index contributed by atoms with van der Waals surface area (Å²) >= 11 is 0. The summed E-state index contributed by atoms with van der Waals surface area (Å²) in [6.45, 7) is 8.50. The first-order chi connectivity index (χ1) is 11.9. The Labute approximate surface area is 149 Å². The number of aliphatic hydroxyl groups is 1. The van der Waals surface area contributed by atoms with Crippen LogP contribution in [0, 0.1) is 27.7 Å². The molecule has 0 aliphatic rings. The number of hydrogen-bond acceptors (Lipinski definition) is 3. The molecule has 1 atom stereocenters. The Morgan fingerprint density at radius 2 is 1.64 bits per heavy atom. The number of carbonyl (C=O) groups excluding carboxylic acids is 1. The Morgan fingerprint density at radius 1 is 1.04 bits per heavy atom. The van der Waals surface area contributed by atoms with Gasteiger partial charge in [0.15, 0.2) is 0 Å². The normalized spacial score (nSPS) is 12.0. The first kappa shape index (κ1) is 19.2. The van der Waals surface area contributed by atoms with Crippen LogP contribution in [0.4, 0.5) is 0 Å². The second-order valence-electron chi connectivity index (χ2n) is 6.48. The SMILES string of the molecule is Cc1ccc([C@@H](CNC(=O)c2c(C)cc(C)cc2C)OCCO)cc1. The standard InChI is InChI=1S/C21H27NO3/c1-14-5-7-18(8-6-14)19(25-10-9-23)13-22-21(24)20-16(3)11-15(2)12-17(20)4/h5-8,11-12,19,23H,9-10,13H2,1-4H3,(H,22,24)/t19-/m1/s1. The fourth-order valence-electron chi connectivity index (χ4n) is 3.06. The molecule has 0 heterocycles. The van der Waals surface area contributed by atoms with E-state index in [1.54, 1.807) is 0 Å². The van der Waals surface area contributed by atoms with Crippen molar-refractivity contribution in [3.05, 3.63) is 69.8 Å². The molecule has 4 nitrogen and oxygen atoms in total. The van der Waals surface area contributed by atoms with Gasteiger partial charge in [-0.3, -0.25) is 4.79 Å². The molecule has 134 valence electrons. The number of aryl methyl sites for hydroxylation is 4. The predicted octanol–water partition coefficient (Wildman–Crippen LogP) is 3.40. The van der Waals surface area contributed by atoms with Crippen LogP contribution in [-0.2, 0) is 4.74 Å². The molecule has 1 amide bonds. The van der Waals surface area contributed by atoms with E-state index < -0.39 is 0 Å². The third-order valence-corrected chi connectivity index (χ3v) is 4.21. The van der Waals surface area contributed by atoms with Crippen LogP contribution in [-0.4, -0.2) is 30.8 Å². The lowest BCUT2D eigenvalue weighted by Crippen LogP contribution is -2.31. The Morgan fingerprint density at radius 3 is 2.20 bits per heavy atom. The monoisotopic (exact) mass is 341 g/mol. The van der Waals surface area contributed by atoms with Crippen LogP contribution in [0.25, 0.3) is 0 Å². The van der Waals surface area contributed by atoms with Crippen LogP contribution in [0.15, 0.2) is 36.4 Å². The second kappa shape index (κ2) is 8.79. The summed E-state index contributed by atoms with van der Waals surface area (Å²) in [6.07, 6.45) is -0.289. The van der Waals surface area contributed by atoms with Gasteiger partial charge >= 0.3 is 0 Å². The molecule has 0 bridgehead atoms. The van der Waals surface area contributed by atoms with Crippen molar-refractivity contribution in [1.82, 2.24) is 5.32 Å². The Balaban J connectivity index is 2.12. The van der Waals surface area contributed by atoms with Gasteiger partial charge in [-0.2, -0.15) is 0 Å². The van der Waals surface area contributed by atoms with E-state index in [0.29, 0.717) is 6.54 Å². The lowest BCUT2D eigenvalue weighted by molar-refractivity contribution is 0.0277. The van der Waals surface area contributed by atoms with Crippen LogP contribution in [0.3, 0.4) is 0 Å². The molecular formula is C21H27NO3. The van der Waals surface area contributed by atoms with Gasteiger partial charge in [0.05, 0.1) is 19.3 Å². The Bertz CT molecular complexity index is 699. The molecule has 2 N–H and O–H groups in total. The fourth-order valence-corrected chi connectivity index (χ4v) is 3.06. The summed E-state index contributed by atoms with van der Waals surface area (Å²) in [6, 6.07) is 12.0. The largest absolute Gasteiger partial charge is 0.394 e. The van der Waals surface area contributed by atoms with E-state index in [0.717, 1.165) is 27.8 Å². The summed E-state index contributed by atoms with van der Waals surface area (Å²) in [7, 11) is 0. The zero-order valence-electron chi connectivity index (χ0n) is 15.4. The summed E-state index contributed by atoms with van der Waals surface area (Å²) in [5.74, 6) is -0.0975. The molecule has 2 rings (SSSR count). The van der Waals surface area contributed by atoms with E-state index in [1.807, 2.05) is 64.1 Å². The molecule has 25 heavy (non-hydrogen) atoms. The summed E-state index contributed by atoms with van der Waals surface area (Å²) < 4.78 is 5.72. The lowest BCUT2D eigenvalue weighted by atomic mass is 9.99. The minimum atomic E-state index is -0.289. The molecule has 0 fully saturated rings. The number of benzene rings is 2. The first-order valence-corrected chi connectivity index (χ1v) is 8.57. The molecule has 0 saturated heterocycles. The minimum Gasteiger partial charge on any atom is -0.394 e. The van der Waals surface area contributed by atoms with Crippen LogP contribution < -0.4 is 5.32 Å². The molecule has 2 aromatic rings. The Kier molecular flexibility index (Phi) is 6.73. The maximum atomic E-state index is 12.6. The number of rotatable bonds is 7. The third kappa shape index (κ3) is 5.15. The van der Waals surface area contributed by atoms with Crippen LogP contribution >= 0.6 is 0 Å². The van der Waals surface area contributed by atoms with E-state index in [-0.39, 0.29) is 25.2 Å². The topological polar surface area (TPSA) is 58.6 Å². The van der Waals surface area contributed by atoms with Crippen molar-refractivity contribution in [2.45, 2.75) is 33.8 Å². The van der Waals surface area contributed by atoms with E-state index in [9.17, 15) is 4.79 Å². The highest BCUT2D eigenvalue weighted by Gasteiger charge is 2.17. The van der Waals surface area contributed by atoms with Gasteiger partial charge in [-0.1, -0.05) is 47.5 Å². The highest BCUT2D eigenvalue weighted by Crippen LogP contribution is 2.19. The second-order valence-corrected chi connectivity index (χ2v) is 6.48. The van der Waals surface area contributed by atoms with Crippen molar-refractivity contribution < 1.29 is 14.6 Å². The number of amides is 1. The van der Waals surface area contributed by atoms with Gasteiger partial charge in [0, 0.05) is 12.1 Å². The number of ether oxygens (including phenoxy) is 1. The van der Waals surface area contributed by atoms with Crippen molar-refractivity contribution in [1.29, 1.82) is 0 Å². The zero-order valence-corrected chi connectivity index (χ0v) is 15.4. The molecule has 0 spiro atoms. The van der Waals surface area contributed by atoms with Crippen molar-refractivity contribution in [3.63, 3.8) is 0 Å². The molecule has 0 radical (unpaired) electrons. The van der Waals surface area contributed by atoms with Gasteiger partial charge in [0.2, 0.25) is 0 Å². The summed E-state index contributed by atoms with van der Waals surface area (Å²) in [5.41, 5.74) is 5.96. The summed E-state index contributed by atoms with van der Waals surface area (Å²) in [4.78, 5) is 12.6. The molecule has 0 aliphatic carbocycles. The van der Waals surface area contributed by atoms with Crippen LogP contribution in [0.5, 0.6) is 0 Å². The van der Waals surface area contributed by atoms with Crippen molar-refractivity contribution in [2.75, 3.05) is 19.8 Å². The number of nitrogens with one attached hydrogen (secondary N) is 1. The smallest absolute Gasteiger partial charge is 0.251 e.